The number of benzene rings is 2. The smallest absolute Gasteiger partial charge is 0.353 e. The van der Waals surface area contributed by atoms with E-state index in [0.29, 0.717) is 17.4 Å². The normalized spacial score (nSPS) is 14.1. The molecule has 0 radical (unpaired) electrons. The van der Waals surface area contributed by atoms with Crippen molar-refractivity contribution in [1.82, 2.24) is 4.98 Å². The van der Waals surface area contributed by atoms with Crippen LogP contribution < -0.4 is 4.74 Å². The Morgan fingerprint density at radius 1 is 0.967 bits per heavy atom. The molecule has 4 nitrogen and oxygen atoms in total. The number of nitrogens with zero attached hydrogens (tertiary/aromatic N) is 1. The van der Waals surface area contributed by atoms with Gasteiger partial charge in [-0.25, -0.2) is 4.79 Å². The average molecular weight is 515 g/mol. The number of methoxy groups -OCH3 is 1. The summed E-state index contributed by atoms with van der Waals surface area (Å²) >= 11 is 2.33. The SMILES string of the molecule is COC(=O)[C@H](Oc1ccc([C@@](C)(c2ccc(I)cc2)C(C)C)cc1)c1ccccn1. The van der Waals surface area contributed by atoms with Crippen molar-refractivity contribution in [2.45, 2.75) is 32.3 Å². The number of hydrogen-bond donors (Lipinski definition) is 0. The van der Waals surface area contributed by atoms with Crippen LogP contribution in [0.3, 0.4) is 0 Å². The molecule has 0 saturated heterocycles. The maximum Gasteiger partial charge on any atom is 0.353 e. The molecule has 0 aliphatic rings. The van der Waals surface area contributed by atoms with Crippen LogP contribution in [0.4, 0.5) is 0 Å². The summed E-state index contributed by atoms with van der Waals surface area (Å²) in [7, 11) is 1.35. The molecule has 0 unspecified atom stereocenters. The van der Waals surface area contributed by atoms with Gasteiger partial charge in [-0.15, -0.1) is 0 Å². The van der Waals surface area contributed by atoms with Gasteiger partial charge in [0, 0.05) is 15.2 Å². The lowest BCUT2D eigenvalue weighted by atomic mass is 9.68. The molecule has 3 rings (SSSR count). The van der Waals surface area contributed by atoms with Gasteiger partial charge in [0.15, 0.2) is 0 Å². The molecule has 0 N–H and O–H groups in total. The molecule has 5 heteroatoms. The van der Waals surface area contributed by atoms with E-state index in [0.717, 1.165) is 0 Å². The minimum atomic E-state index is -0.908. The first kappa shape index (κ1) is 22.3. The Hall–Kier alpha value is -2.41. The first-order chi connectivity index (χ1) is 14.4. The van der Waals surface area contributed by atoms with Gasteiger partial charge in [-0.1, -0.05) is 51.1 Å². The van der Waals surface area contributed by atoms with E-state index in [-0.39, 0.29) is 5.41 Å². The number of ether oxygens (including phenoxy) is 2. The zero-order valence-corrected chi connectivity index (χ0v) is 19.8. The summed E-state index contributed by atoms with van der Waals surface area (Å²) in [6, 6.07) is 22.0. The second-order valence-electron chi connectivity index (χ2n) is 7.66. The maximum atomic E-state index is 12.3. The van der Waals surface area contributed by atoms with E-state index in [9.17, 15) is 4.79 Å². The minimum Gasteiger partial charge on any atom is -0.472 e. The van der Waals surface area contributed by atoms with Crippen molar-refractivity contribution >= 4 is 28.6 Å². The number of esters is 1. The summed E-state index contributed by atoms with van der Waals surface area (Å²) in [5.41, 5.74) is 2.83. The van der Waals surface area contributed by atoms with E-state index in [4.69, 9.17) is 9.47 Å². The number of rotatable bonds is 7. The Morgan fingerprint density at radius 2 is 1.57 bits per heavy atom. The Balaban J connectivity index is 1.90. The lowest BCUT2D eigenvalue weighted by Gasteiger charge is -2.35. The molecule has 0 saturated carbocycles. The molecule has 0 amide bonds. The van der Waals surface area contributed by atoms with Crippen molar-refractivity contribution in [3.63, 3.8) is 0 Å². The molecule has 0 bridgehead atoms. The van der Waals surface area contributed by atoms with Gasteiger partial charge >= 0.3 is 5.97 Å². The van der Waals surface area contributed by atoms with Gasteiger partial charge in [0.2, 0.25) is 6.10 Å². The van der Waals surface area contributed by atoms with E-state index < -0.39 is 12.1 Å². The van der Waals surface area contributed by atoms with Crippen molar-refractivity contribution in [2.24, 2.45) is 5.92 Å². The van der Waals surface area contributed by atoms with Crippen molar-refractivity contribution in [2.75, 3.05) is 7.11 Å². The van der Waals surface area contributed by atoms with Gasteiger partial charge in [-0.05, 0) is 76.0 Å². The summed E-state index contributed by atoms with van der Waals surface area (Å²) in [5.74, 6) is 0.498. The second kappa shape index (κ2) is 9.60. The molecule has 30 heavy (non-hydrogen) atoms. The van der Waals surface area contributed by atoms with E-state index >= 15 is 0 Å². The lowest BCUT2D eigenvalue weighted by Crippen LogP contribution is -2.30. The molecular weight excluding hydrogens is 489 g/mol. The fraction of sp³-hybridized carbons (Fsp3) is 0.280. The number of carbonyl (C=O) groups is 1. The summed E-state index contributed by atoms with van der Waals surface area (Å²) in [5, 5.41) is 0. The molecule has 2 atom stereocenters. The van der Waals surface area contributed by atoms with E-state index in [1.807, 2.05) is 18.2 Å². The van der Waals surface area contributed by atoms with Gasteiger partial charge in [-0.2, -0.15) is 0 Å². The van der Waals surface area contributed by atoms with Crippen LogP contribution in [0.1, 0.15) is 43.7 Å². The van der Waals surface area contributed by atoms with Gasteiger partial charge in [-0.3, -0.25) is 4.98 Å². The monoisotopic (exact) mass is 515 g/mol. The predicted molar refractivity (Wildman–Crippen MR) is 127 cm³/mol. The van der Waals surface area contributed by atoms with Crippen LogP contribution in [0, 0.1) is 9.49 Å². The Bertz CT molecular complexity index is 972. The zero-order valence-electron chi connectivity index (χ0n) is 17.6. The molecule has 2 aromatic carbocycles. The van der Waals surface area contributed by atoms with Crippen LogP contribution in [0.25, 0.3) is 0 Å². The van der Waals surface area contributed by atoms with Crippen LogP contribution in [-0.2, 0) is 14.9 Å². The molecule has 0 aliphatic heterocycles. The van der Waals surface area contributed by atoms with Crippen molar-refractivity contribution in [1.29, 1.82) is 0 Å². The lowest BCUT2D eigenvalue weighted by molar-refractivity contribution is -0.149. The number of carbonyl (C=O) groups excluding carboxylic acids is 1. The Labute approximate surface area is 191 Å². The quantitative estimate of drug-likeness (QED) is 0.289. The van der Waals surface area contributed by atoms with Gasteiger partial charge in [0.25, 0.3) is 0 Å². The predicted octanol–water partition coefficient (Wildman–Crippen LogP) is 5.94. The van der Waals surface area contributed by atoms with Crippen LogP contribution >= 0.6 is 22.6 Å². The third-order valence-corrected chi connectivity index (χ3v) is 6.40. The molecule has 0 fully saturated rings. The number of hydrogen-bond acceptors (Lipinski definition) is 4. The van der Waals surface area contributed by atoms with Crippen LogP contribution in [-0.4, -0.2) is 18.1 Å². The zero-order chi connectivity index (χ0) is 21.7. The highest BCUT2D eigenvalue weighted by Gasteiger charge is 2.33. The summed E-state index contributed by atoms with van der Waals surface area (Å²) in [6.45, 7) is 6.73. The van der Waals surface area contributed by atoms with Crippen LogP contribution in [0.2, 0.25) is 0 Å². The van der Waals surface area contributed by atoms with Crippen molar-refractivity contribution in [3.8, 4) is 5.75 Å². The summed E-state index contributed by atoms with van der Waals surface area (Å²) < 4.78 is 12.1. The van der Waals surface area contributed by atoms with E-state index in [2.05, 4.69) is 84.7 Å². The van der Waals surface area contributed by atoms with Crippen LogP contribution in [0.5, 0.6) is 5.75 Å². The molecule has 3 aromatic rings. The van der Waals surface area contributed by atoms with Crippen molar-refractivity contribution < 1.29 is 14.3 Å². The topological polar surface area (TPSA) is 48.4 Å². The highest BCUT2D eigenvalue weighted by molar-refractivity contribution is 14.1. The first-order valence-electron chi connectivity index (χ1n) is 9.88. The largest absolute Gasteiger partial charge is 0.472 e. The van der Waals surface area contributed by atoms with Gasteiger partial charge in [0.1, 0.15) is 5.75 Å². The Morgan fingerprint density at radius 3 is 2.07 bits per heavy atom. The highest BCUT2D eigenvalue weighted by atomic mass is 127. The van der Waals surface area contributed by atoms with Crippen molar-refractivity contribution in [3.05, 3.63) is 93.3 Å². The Kier molecular flexibility index (Phi) is 7.13. The minimum absolute atomic E-state index is 0.147. The average Bonchev–Trinajstić information content (AvgIpc) is 2.77. The number of aromatic nitrogens is 1. The summed E-state index contributed by atoms with van der Waals surface area (Å²) in [4.78, 5) is 16.5. The first-order valence-corrected chi connectivity index (χ1v) is 11.0. The van der Waals surface area contributed by atoms with Gasteiger partial charge in [0.05, 0.1) is 12.8 Å². The third-order valence-electron chi connectivity index (χ3n) is 5.68. The standard InChI is InChI=1S/C25H26INO3/c1-17(2)25(3,18-8-12-20(26)13-9-18)19-10-14-21(15-11-19)30-23(24(28)29-4)22-7-5-6-16-27-22/h5-17,23H,1-4H3/t23-,25-/m1/s1. The van der Waals surface area contributed by atoms with Gasteiger partial charge < -0.3 is 9.47 Å². The second-order valence-corrected chi connectivity index (χ2v) is 8.91. The number of halogens is 1. The molecule has 1 aromatic heterocycles. The molecule has 0 aliphatic carbocycles. The molecule has 0 spiro atoms. The fourth-order valence-electron chi connectivity index (χ4n) is 3.51. The highest BCUT2D eigenvalue weighted by Crippen LogP contribution is 2.39. The molecule has 156 valence electrons. The molecule has 1 heterocycles. The fourth-order valence-corrected chi connectivity index (χ4v) is 3.87. The van der Waals surface area contributed by atoms with E-state index in [1.165, 1.54) is 21.8 Å². The molecular formula is C25H26INO3. The third kappa shape index (κ3) is 4.67. The van der Waals surface area contributed by atoms with E-state index in [1.54, 1.807) is 18.3 Å². The maximum absolute atomic E-state index is 12.3. The summed E-state index contributed by atoms with van der Waals surface area (Å²) in [6.07, 6.45) is 0.724. The number of pyridine rings is 1. The van der Waals surface area contributed by atoms with Crippen LogP contribution in [0.15, 0.2) is 72.9 Å².